The molecule has 0 unspecified atom stereocenters. The maximum absolute atomic E-state index is 12.4. The van der Waals surface area contributed by atoms with Crippen LogP contribution in [0.15, 0.2) is 58.6 Å². The zero-order valence-corrected chi connectivity index (χ0v) is 19.6. The molecule has 2 N–H and O–H groups in total. The van der Waals surface area contributed by atoms with Crippen LogP contribution < -0.4 is 10.6 Å². The highest BCUT2D eigenvalue weighted by Crippen LogP contribution is 2.28. The molecule has 0 fully saturated rings. The number of aromatic nitrogens is 3. The van der Waals surface area contributed by atoms with Crippen molar-refractivity contribution in [3.63, 3.8) is 0 Å². The third-order valence-corrected chi connectivity index (χ3v) is 7.62. The van der Waals surface area contributed by atoms with Gasteiger partial charge in [-0.25, -0.2) is 13.1 Å². The van der Waals surface area contributed by atoms with Crippen molar-refractivity contribution in [2.45, 2.75) is 49.8 Å². The number of rotatable bonds is 10. The molecule has 0 amide bonds. The van der Waals surface area contributed by atoms with E-state index in [4.69, 9.17) is 10.6 Å². The van der Waals surface area contributed by atoms with Gasteiger partial charge in [0.2, 0.25) is 5.16 Å². The minimum atomic E-state index is -3.28. The number of sulfone groups is 1. The Kier molecular flexibility index (Phi) is 7.61. The summed E-state index contributed by atoms with van der Waals surface area (Å²) in [7, 11) is -3.28. The predicted molar refractivity (Wildman–Crippen MR) is 124 cm³/mol. The number of benzene rings is 2. The Bertz CT molecular complexity index is 1110. The van der Waals surface area contributed by atoms with Crippen LogP contribution in [0, 0.1) is 6.92 Å². The van der Waals surface area contributed by atoms with Gasteiger partial charge in [0, 0.05) is 5.75 Å². The van der Waals surface area contributed by atoms with Gasteiger partial charge in [-0.15, -0.1) is 10.2 Å². The molecule has 0 atom stereocenters. The third kappa shape index (κ3) is 6.01. The van der Waals surface area contributed by atoms with E-state index in [2.05, 4.69) is 36.2 Å². The summed E-state index contributed by atoms with van der Waals surface area (Å²) in [5.74, 6) is 8.43. The van der Waals surface area contributed by atoms with Crippen LogP contribution in [0.4, 0.5) is 0 Å². The molecule has 0 saturated carbocycles. The van der Waals surface area contributed by atoms with E-state index in [1.165, 1.54) is 16.4 Å². The van der Waals surface area contributed by atoms with Crippen LogP contribution in [0.25, 0.3) is 0 Å². The summed E-state index contributed by atoms with van der Waals surface area (Å²) in [6, 6.07) is 14.6. The first kappa shape index (κ1) is 23.1. The van der Waals surface area contributed by atoms with E-state index in [1.807, 2.05) is 13.0 Å². The van der Waals surface area contributed by atoms with Crippen LogP contribution in [-0.4, -0.2) is 34.8 Å². The number of aryl methyl sites for hydroxylation is 1. The molecule has 0 aliphatic heterocycles. The predicted octanol–water partition coefficient (Wildman–Crippen LogP) is 3.96. The van der Waals surface area contributed by atoms with Crippen molar-refractivity contribution in [3.05, 3.63) is 65.5 Å². The summed E-state index contributed by atoms with van der Waals surface area (Å²) < 4.78 is 32.1. The lowest BCUT2D eigenvalue weighted by Crippen LogP contribution is -2.16. The second kappa shape index (κ2) is 10.2. The van der Waals surface area contributed by atoms with Gasteiger partial charge in [-0.2, -0.15) is 0 Å². The summed E-state index contributed by atoms with van der Waals surface area (Å²) in [6.45, 7) is 6.47. The molecule has 1 aromatic heterocycles. The molecule has 0 aliphatic carbocycles. The molecule has 0 bridgehead atoms. The summed E-state index contributed by atoms with van der Waals surface area (Å²) in [5.41, 5.74) is 2.25. The van der Waals surface area contributed by atoms with Gasteiger partial charge in [0.15, 0.2) is 15.7 Å². The maximum Gasteiger partial charge on any atom is 0.209 e. The van der Waals surface area contributed by atoms with Gasteiger partial charge in [-0.1, -0.05) is 55.9 Å². The summed E-state index contributed by atoms with van der Waals surface area (Å²) in [6.07, 6.45) is 0.488. The molecule has 0 saturated heterocycles. The van der Waals surface area contributed by atoms with Crippen molar-refractivity contribution < 1.29 is 13.2 Å². The van der Waals surface area contributed by atoms with Crippen LogP contribution in [0.1, 0.15) is 43.1 Å². The normalized spacial score (nSPS) is 11.7. The van der Waals surface area contributed by atoms with E-state index in [-0.39, 0.29) is 12.4 Å². The molecule has 3 rings (SSSR count). The lowest BCUT2D eigenvalue weighted by Gasteiger charge is -2.14. The quantitative estimate of drug-likeness (QED) is 0.278. The Morgan fingerprint density at radius 1 is 1.13 bits per heavy atom. The Labute approximate surface area is 187 Å². The molecular formula is C22H28N4O3S2. The fourth-order valence-electron chi connectivity index (χ4n) is 3.05. The molecule has 0 radical (unpaired) electrons. The smallest absolute Gasteiger partial charge is 0.209 e. The number of ether oxygens (including phenoxy) is 1. The number of nitrogens with two attached hydrogens (primary N) is 1. The fraction of sp³-hybridized carbons (Fsp3) is 0.364. The monoisotopic (exact) mass is 460 g/mol. The Morgan fingerprint density at radius 3 is 2.58 bits per heavy atom. The topological polar surface area (TPSA) is 100 Å². The lowest BCUT2D eigenvalue weighted by molar-refractivity contribution is 0.287. The number of thioether (sulfide) groups is 1. The molecule has 7 nitrogen and oxygen atoms in total. The van der Waals surface area contributed by atoms with E-state index in [0.29, 0.717) is 34.0 Å². The van der Waals surface area contributed by atoms with Crippen molar-refractivity contribution in [3.8, 4) is 5.75 Å². The Morgan fingerprint density at radius 2 is 1.87 bits per heavy atom. The highest BCUT2D eigenvalue weighted by Gasteiger charge is 2.16. The first-order chi connectivity index (χ1) is 14.8. The first-order valence-electron chi connectivity index (χ1n) is 10.1. The molecule has 166 valence electrons. The highest BCUT2D eigenvalue weighted by molar-refractivity contribution is 7.99. The Hall–Kier alpha value is -2.52. The van der Waals surface area contributed by atoms with E-state index >= 15 is 0 Å². The van der Waals surface area contributed by atoms with Crippen molar-refractivity contribution in [1.82, 2.24) is 14.9 Å². The second-order valence-electron chi connectivity index (χ2n) is 7.59. The standard InChI is InChI=1S/C22H28N4O3S2/c1-16(2)19-11-10-17(3)14-20(19)29-15-21-24-25-22(26(21)23)30-12-7-13-31(27,28)18-8-5-4-6-9-18/h4-6,8-11,14,16H,7,12-13,15,23H2,1-3H3. The highest BCUT2D eigenvalue weighted by atomic mass is 32.2. The van der Waals surface area contributed by atoms with Crippen LogP contribution >= 0.6 is 11.8 Å². The molecule has 31 heavy (non-hydrogen) atoms. The van der Waals surface area contributed by atoms with Crippen molar-refractivity contribution in [2.75, 3.05) is 17.3 Å². The molecule has 9 heteroatoms. The summed E-state index contributed by atoms with van der Waals surface area (Å²) in [4.78, 5) is 0.346. The number of nitrogen functional groups attached to an aromatic ring is 1. The average molecular weight is 461 g/mol. The van der Waals surface area contributed by atoms with Gasteiger partial charge in [-0.05, 0) is 48.6 Å². The van der Waals surface area contributed by atoms with E-state index in [0.717, 1.165) is 16.9 Å². The average Bonchev–Trinajstić information content (AvgIpc) is 3.09. The van der Waals surface area contributed by atoms with Crippen molar-refractivity contribution >= 4 is 21.6 Å². The maximum atomic E-state index is 12.4. The van der Waals surface area contributed by atoms with Crippen molar-refractivity contribution in [1.29, 1.82) is 0 Å². The molecule has 0 spiro atoms. The van der Waals surface area contributed by atoms with E-state index < -0.39 is 9.84 Å². The minimum Gasteiger partial charge on any atom is -0.485 e. The van der Waals surface area contributed by atoms with E-state index in [9.17, 15) is 8.42 Å². The molecule has 2 aromatic carbocycles. The van der Waals surface area contributed by atoms with Gasteiger partial charge in [0.1, 0.15) is 12.4 Å². The van der Waals surface area contributed by atoms with Gasteiger partial charge < -0.3 is 10.6 Å². The molecule has 1 heterocycles. The molecule has 0 aliphatic rings. The largest absolute Gasteiger partial charge is 0.485 e. The van der Waals surface area contributed by atoms with Crippen molar-refractivity contribution in [2.24, 2.45) is 0 Å². The van der Waals surface area contributed by atoms with Crippen LogP contribution in [0.3, 0.4) is 0 Å². The molecular weight excluding hydrogens is 432 g/mol. The summed E-state index contributed by atoms with van der Waals surface area (Å²) in [5, 5.41) is 8.77. The first-order valence-corrected chi connectivity index (χ1v) is 12.7. The van der Waals surface area contributed by atoms with Crippen LogP contribution in [0.2, 0.25) is 0 Å². The van der Waals surface area contributed by atoms with Gasteiger partial charge in [-0.3, -0.25) is 0 Å². The lowest BCUT2D eigenvalue weighted by atomic mass is 10.0. The number of hydrogen-bond acceptors (Lipinski definition) is 7. The van der Waals surface area contributed by atoms with Crippen LogP contribution in [-0.2, 0) is 16.4 Å². The molecule has 3 aromatic rings. The van der Waals surface area contributed by atoms with E-state index in [1.54, 1.807) is 30.3 Å². The minimum absolute atomic E-state index is 0.0734. The van der Waals surface area contributed by atoms with Gasteiger partial charge in [0.05, 0.1) is 10.6 Å². The van der Waals surface area contributed by atoms with Crippen LogP contribution in [0.5, 0.6) is 5.75 Å². The fourth-order valence-corrected chi connectivity index (χ4v) is 5.38. The van der Waals surface area contributed by atoms with Gasteiger partial charge in [0.25, 0.3) is 0 Å². The Balaban J connectivity index is 1.55. The second-order valence-corrected chi connectivity index (χ2v) is 10.8. The zero-order chi connectivity index (χ0) is 22.4. The van der Waals surface area contributed by atoms with Gasteiger partial charge >= 0.3 is 0 Å². The number of nitrogens with zero attached hydrogens (tertiary/aromatic N) is 3. The summed E-state index contributed by atoms with van der Waals surface area (Å²) >= 11 is 1.38. The zero-order valence-electron chi connectivity index (χ0n) is 18.0. The third-order valence-electron chi connectivity index (χ3n) is 4.77. The SMILES string of the molecule is Cc1ccc(C(C)C)c(OCc2nnc(SCCCS(=O)(=O)c3ccccc3)n2N)c1. The number of hydrogen-bond donors (Lipinski definition) is 1.